The minimum absolute atomic E-state index is 0.235. The summed E-state index contributed by atoms with van der Waals surface area (Å²) in [4.78, 5) is 13.4. The minimum Gasteiger partial charge on any atom is -0.508 e. The Hall–Kier alpha value is -3.15. The maximum atomic E-state index is 9.45. The molecule has 0 bridgehead atoms. The van der Waals surface area contributed by atoms with Gasteiger partial charge in [-0.25, -0.2) is 4.98 Å². The van der Waals surface area contributed by atoms with E-state index in [1.165, 1.54) is 12.8 Å². The Labute approximate surface area is 152 Å². The van der Waals surface area contributed by atoms with E-state index in [9.17, 15) is 5.11 Å². The molecule has 1 aliphatic rings. The smallest absolute Gasteiger partial charge is 0.225 e. The van der Waals surface area contributed by atoms with Gasteiger partial charge in [-0.15, -0.1) is 0 Å². The van der Waals surface area contributed by atoms with Gasteiger partial charge in [-0.3, -0.25) is 4.98 Å². The van der Waals surface area contributed by atoms with Crippen LogP contribution in [0.25, 0.3) is 11.3 Å². The van der Waals surface area contributed by atoms with Crippen LogP contribution in [0.15, 0.2) is 54.9 Å². The summed E-state index contributed by atoms with van der Waals surface area (Å²) in [6, 6.07) is 13.1. The van der Waals surface area contributed by atoms with Crippen molar-refractivity contribution < 1.29 is 5.11 Å². The van der Waals surface area contributed by atoms with Crippen molar-refractivity contribution in [3.05, 3.63) is 54.9 Å². The largest absolute Gasteiger partial charge is 0.508 e. The van der Waals surface area contributed by atoms with Gasteiger partial charge in [0, 0.05) is 35.8 Å². The molecular weight excluding hydrogens is 326 g/mol. The van der Waals surface area contributed by atoms with Crippen molar-refractivity contribution in [2.75, 3.05) is 10.6 Å². The molecule has 132 valence electrons. The van der Waals surface area contributed by atoms with Crippen LogP contribution < -0.4 is 10.6 Å². The highest BCUT2D eigenvalue weighted by Gasteiger charge is 2.16. The quantitative estimate of drug-likeness (QED) is 0.596. The van der Waals surface area contributed by atoms with E-state index in [0.717, 1.165) is 29.8 Å². The van der Waals surface area contributed by atoms with Crippen molar-refractivity contribution in [1.29, 1.82) is 0 Å². The summed E-state index contributed by atoms with van der Waals surface area (Å²) >= 11 is 0. The molecule has 6 heteroatoms. The van der Waals surface area contributed by atoms with Crippen LogP contribution in [-0.4, -0.2) is 26.1 Å². The van der Waals surface area contributed by atoms with Crippen LogP contribution in [0, 0.1) is 0 Å². The zero-order valence-corrected chi connectivity index (χ0v) is 14.4. The van der Waals surface area contributed by atoms with Crippen LogP contribution in [-0.2, 0) is 0 Å². The lowest BCUT2D eigenvalue weighted by atomic mass is 10.2. The van der Waals surface area contributed by atoms with Crippen molar-refractivity contribution in [1.82, 2.24) is 15.0 Å². The Morgan fingerprint density at radius 3 is 2.38 bits per heavy atom. The van der Waals surface area contributed by atoms with Gasteiger partial charge in [0.2, 0.25) is 5.95 Å². The third kappa shape index (κ3) is 3.91. The van der Waals surface area contributed by atoms with E-state index < -0.39 is 0 Å². The topological polar surface area (TPSA) is 83.0 Å². The first kappa shape index (κ1) is 16.3. The fourth-order valence-electron chi connectivity index (χ4n) is 3.19. The second-order valence-electron chi connectivity index (χ2n) is 6.50. The molecule has 0 radical (unpaired) electrons. The number of phenolic OH excluding ortho intramolecular Hbond substituents is 1. The summed E-state index contributed by atoms with van der Waals surface area (Å²) in [7, 11) is 0. The maximum Gasteiger partial charge on any atom is 0.225 e. The normalized spacial score (nSPS) is 14.3. The third-order valence-corrected chi connectivity index (χ3v) is 4.53. The molecule has 3 aromatic rings. The summed E-state index contributed by atoms with van der Waals surface area (Å²) in [6.07, 6.45) is 8.33. The zero-order valence-electron chi connectivity index (χ0n) is 14.4. The first-order valence-corrected chi connectivity index (χ1v) is 8.88. The summed E-state index contributed by atoms with van der Waals surface area (Å²) in [5.74, 6) is 1.57. The van der Waals surface area contributed by atoms with Crippen LogP contribution >= 0.6 is 0 Å². The van der Waals surface area contributed by atoms with Crippen molar-refractivity contribution in [3.63, 3.8) is 0 Å². The second-order valence-corrected chi connectivity index (χ2v) is 6.50. The molecular formula is C20H21N5O. The van der Waals surface area contributed by atoms with Gasteiger partial charge < -0.3 is 15.7 Å². The van der Waals surface area contributed by atoms with Gasteiger partial charge in [-0.05, 0) is 49.2 Å². The number of rotatable bonds is 5. The standard InChI is InChI=1S/C20H21N5O/c26-17-7-5-16(6-8-17)22-19-13-18(14-9-11-21-12-10-14)24-20(25-19)23-15-3-1-2-4-15/h5-13,15,26H,1-4H2,(H2,22,23,24,25). The lowest BCUT2D eigenvalue weighted by Crippen LogP contribution is -2.17. The summed E-state index contributed by atoms with van der Waals surface area (Å²) in [5.41, 5.74) is 2.68. The van der Waals surface area contributed by atoms with Crippen molar-refractivity contribution in [2.24, 2.45) is 0 Å². The Balaban J connectivity index is 1.65. The molecule has 0 unspecified atom stereocenters. The minimum atomic E-state index is 0.235. The predicted octanol–water partition coefficient (Wildman–Crippen LogP) is 4.34. The monoisotopic (exact) mass is 347 g/mol. The van der Waals surface area contributed by atoms with E-state index in [1.807, 2.05) is 30.3 Å². The Kier molecular flexibility index (Phi) is 4.64. The molecule has 0 aliphatic heterocycles. The van der Waals surface area contributed by atoms with Gasteiger partial charge in [-0.2, -0.15) is 4.98 Å². The summed E-state index contributed by atoms with van der Waals surface area (Å²) in [6.45, 7) is 0. The first-order chi connectivity index (χ1) is 12.8. The van der Waals surface area contributed by atoms with E-state index in [1.54, 1.807) is 24.5 Å². The molecule has 1 saturated carbocycles. The predicted molar refractivity (Wildman–Crippen MR) is 103 cm³/mol. The lowest BCUT2D eigenvalue weighted by molar-refractivity contribution is 0.475. The number of anilines is 3. The number of aromatic hydroxyl groups is 1. The van der Waals surface area contributed by atoms with E-state index in [4.69, 9.17) is 4.98 Å². The van der Waals surface area contributed by atoms with E-state index in [2.05, 4.69) is 20.6 Å². The van der Waals surface area contributed by atoms with Gasteiger partial charge in [0.15, 0.2) is 0 Å². The number of phenols is 1. The molecule has 0 atom stereocenters. The molecule has 1 fully saturated rings. The van der Waals surface area contributed by atoms with Crippen molar-refractivity contribution in [3.8, 4) is 17.0 Å². The van der Waals surface area contributed by atoms with Gasteiger partial charge >= 0.3 is 0 Å². The molecule has 2 heterocycles. The summed E-state index contributed by atoms with van der Waals surface area (Å²) < 4.78 is 0. The second kappa shape index (κ2) is 7.39. The molecule has 26 heavy (non-hydrogen) atoms. The SMILES string of the molecule is Oc1ccc(Nc2cc(-c3ccncc3)nc(NC3CCCC3)n2)cc1. The highest BCUT2D eigenvalue weighted by molar-refractivity contribution is 5.67. The number of hydrogen-bond donors (Lipinski definition) is 3. The molecule has 6 nitrogen and oxygen atoms in total. The van der Waals surface area contributed by atoms with Crippen LogP contribution in [0.1, 0.15) is 25.7 Å². The molecule has 4 rings (SSSR count). The molecule has 3 N–H and O–H groups in total. The Bertz CT molecular complexity index is 861. The highest BCUT2D eigenvalue weighted by atomic mass is 16.3. The lowest BCUT2D eigenvalue weighted by Gasteiger charge is -2.15. The first-order valence-electron chi connectivity index (χ1n) is 8.88. The van der Waals surface area contributed by atoms with Gasteiger partial charge in [0.1, 0.15) is 11.6 Å². The number of aromatic nitrogens is 3. The molecule has 1 aromatic carbocycles. The zero-order chi connectivity index (χ0) is 17.8. The highest BCUT2D eigenvalue weighted by Crippen LogP contribution is 2.26. The van der Waals surface area contributed by atoms with Gasteiger partial charge in [-0.1, -0.05) is 12.8 Å². The van der Waals surface area contributed by atoms with Crippen LogP contribution in [0.5, 0.6) is 5.75 Å². The maximum absolute atomic E-state index is 9.45. The Morgan fingerprint density at radius 1 is 0.923 bits per heavy atom. The fraction of sp³-hybridized carbons (Fsp3) is 0.250. The molecule has 1 aliphatic carbocycles. The van der Waals surface area contributed by atoms with Gasteiger partial charge in [0.05, 0.1) is 5.69 Å². The fourth-order valence-corrected chi connectivity index (χ4v) is 3.19. The van der Waals surface area contributed by atoms with E-state index >= 15 is 0 Å². The third-order valence-electron chi connectivity index (χ3n) is 4.53. The Morgan fingerprint density at radius 2 is 1.65 bits per heavy atom. The number of nitrogens with zero attached hydrogens (tertiary/aromatic N) is 3. The number of hydrogen-bond acceptors (Lipinski definition) is 6. The van der Waals surface area contributed by atoms with Crippen LogP contribution in [0.3, 0.4) is 0 Å². The van der Waals surface area contributed by atoms with Crippen LogP contribution in [0.4, 0.5) is 17.5 Å². The average molecular weight is 347 g/mol. The molecule has 2 aromatic heterocycles. The number of pyridine rings is 1. The average Bonchev–Trinajstić information content (AvgIpc) is 3.17. The van der Waals surface area contributed by atoms with E-state index in [-0.39, 0.29) is 5.75 Å². The van der Waals surface area contributed by atoms with Crippen LogP contribution in [0.2, 0.25) is 0 Å². The van der Waals surface area contributed by atoms with Gasteiger partial charge in [0.25, 0.3) is 0 Å². The molecule has 0 spiro atoms. The van der Waals surface area contributed by atoms with Crippen molar-refractivity contribution >= 4 is 17.5 Å². The molecule has 0 saturated heterocycles. The number of nitrogens with one attached hydrogen (secondary N) is 2. The van der Waals surface area contributed by atoms with E-state index in [0.29, 0.717) is 17.8 Å². The number of benzene rings is 1. The summed E-state index contributed by atoms with van der Waals surface area (Å²) in [5, 5.41) is 16.2. The van der Waals surface area contributed by atoms with Crippen molar-refractivity contribution in [2.45, 2.75) is 31.7 Å². The molecule has 0 amide bonds.